The number of ether oxygens (including phenoxy) is 1. The first-order valence-corrected chi connectivity index (χ1v) is 7.50. The van der Waals surface area contributed by atoms with E-state index in [-0.39, 0.29) is 0 Å². The predicted molar refractivity (Wildman–Crippen MR) is 90.0 cm³/mol. The van der Waals surface area contributed by atoms with Crippen LogP contribution in [0.5, 0.6) is 0 Å². The van der Waals surface area contributed by atoms with Crippen LogP contribution in [0.4, 0.5) is 0 Å². The van der Waals surface area contributed by atoms with Crippen molar-refractivity contribution in [3.8, 4) is 11.1 Å². The van der Waals surface area contributed by atoms with Crippen LogP contribution in [-0.2, 0) is 25.7 Å². The zero-order valence-electron chi connectivity index (χ0n) is 13.7. The molecule has 2 aromatic carbocycles. The van der Waals surface area contributed by atoms with Crippen LogP contribution in [-0.4, -0.2) is 36.7 Å². The standard InChI is InChI=1S/C19H19NO4/c1-20(18(22)12-17(21)19(23)24-2)13-14-7-6-10-16(11-14)15-8-4-3-5-9-15/h3-11H,12-13H2,1-2H3. The topological polar surface area (TPSA) is 63.7 Å². The van der Waals surface area contributed by atoms with Gasteiger partial charge in [0.1, 0.15) is 0 Å². The van der Waals surface area contributed by atoms with Crippen molar-refractivity contribution in [3.63, 3.8) is 0 Å². The van der Waals surface area contributed by atoms with E-state index < -0.39 is 24.1 Å². The third kappa shape index (κ3) is 4.52. The fourth-order valence-electron chi connectivity index (χ4n) is 2.30. The molecule has 0 fully saturated rings. The van der Waals surface area contributed by atoms with Crippen LogP contribution in [0.15, 0.2) is 54.6 Å². The van der Waals surface area contributed by atoms with Gasteiger partial charge in [0, 0.05) is 13.6 Å². The molecule has 0 spiro atoms. The minimum atomic E-state index is -0.997. The number of rotatable bonds is 6. The highest BCUT2D eigenvalue weighted by Crippen LogP contribution is 2.20. The van der Waals surface area contributed by atoms with Crippen molar-refractivity contribution in [3.05, 3.63) is 60.2 Å². The molecule has 0 aliphatic carbocycles. The summed E-state index contributed by atoms with van der Waals surface area (Å²) in [4.78, 5) is 36.0. The Morgan fingerprint density at radius 3 is 2.29 bits per heavy atom. The van der Waals surface area contributed by atoms with Crippen molar-refractivity contribution in [1.29, 1.82) is 0 Å². The lowest BCUT2D eigenvalue weighted by atomic mass is 10.0. The van der Waals surface area contributed by atoms with Crippen LogP contribution < -0.4 is 0 Å². The van der Waals surface area contributed by atoms with Crippen molar-refractivity contribution in [2.75, 3.05) is 14.2 Å². The lowest BCUT2D eigenvalue weighted by molar-refractivity contribution is -0.153. The monoisotopic (exact) mass is 325 g/mol. The molecular weight excluding hydrogens is 306 g/mol. The van der Waals surface area contributed by atoms with Crippen LogP contribution >= 0.6 is 0 Å². The first-order chi connectivity index (χ1) is 11.5. The summed E-state index contributed by atoms with van der Waals surface area (Å²) < 4.78 is 4.32. The summed E-state index contributed by atoms with van der Waals surface area (Å²) in [5.41, 5.74) is 3.09. The second-order valence-corrected chi connectivity index (χ2v) is 5.41. The maximum atomic E-state index is 12.0. The van der Waals surface area contributed by atoms with Gasteiger partial charge in [0.2, 0.25) is 11.7 Å². The fraction of sp³-hybridized carbons (Fsp3) is 0.211. The Bertz CT molecular complexity index is 740. The molecule has 2 aromatic rings. The third-order valence-electron chi connectivity index (χ3n) is 3.60. The molecule has 0 radical (unpaired) electrons. The van der Waals surface area contributed by atoms with Gasteiger partial charge in [0.15, 0.2) is 0 Å². The number of Topliss-reactive ketones (excluding diaryl/α,β-unsaturated/α-hetero) is 1. The largest absolute Gasteiger partial charge is 0.463 e. The van der Waals surface area contributed by atoms with Crippen molar-refractivity contribution in [2.45, 2.75) is 13.0 Å². The minimum Gasteiger partial charge on any atom is -0.463 e. The van der Waals surface area contributed by atoms with Crippen LogP contribution in [0.1, 0.15) is 12.0 Å². The molecule has 0 N–H and O–H groups in total. The Morgan fingerprint density at radius 2 is 1.62 bits per heavy atom. The van der Waals surface area contributed by atoms with Crippen molar-refractivity contribution in [1.82, 2.24) is 4.90 Å². The first-order valence-electron chi connectivity index (χ1n) is 7.50. The highest BCUT2D eigenvalue weighted by atomic mass is 16.5. The molecule has 24 heavy (non-hydrogen) atoms. The molecule has 0 unspecified atom stereocenters. The van der Waals surface area contributed by atoms with Crippen LogP contribution in [0.3, 0.4) is 0 Å². The fourth-order valence-corrected chi connectivity index (χ4v) is 2.30. The zero-order valence-corrected chi connectivity index (χ0v) is 13.7. The SMILES string of the molecule is COC(=O)C(=O)CC(=O)N(C)Cc1cccc(-c2ccccc2)c1. The number of hydrogen-bond donors (Lipinski definition) is 0. The summed E-state index contributed by atoms with van der Waals surface area (Å²) in [6.45, 7) is 0.355. The van der Waals surface area contributed by atoms with Gasteiger partial charge >= 0.3 is 5.97 Å². The van der Waals surface area contributed by atoms with Gasteiger partial charge in [-0.05, 0) is 22.8 Å². The maximum Gasteiger partial charge on any atom is 0.374 e. The summed E-state index contributed by atoms with van der Waals surface area (Å²) in [6.07, 6.45) is -0.485. The van der Waals surface area contributed by atoms with E-state index in [1.165, 1.54) is 4.90 Å². The smallest absolute Gasteiger partial charge is 0.374 e. The Labute approximate surface area is 140 Å². The highest BCUT2D eigenvalue weighted by Gasteiger charge is 2.20. The Kier molecular flexibility index (Phi) is 5.84. The maximum absolute atomic E-state index is 12.0. The number of methoxy groups -OCH3 is 1. The predicted octanol–water partition coefficient (Wildman–Crippen LogP) is 2.44. The first kappa shape index (κ1) is 17.4. The van der Waals surface area contributed by atoms with Crippen LogP contribution in [0.2, 0.25) is 0 Å². The van der Waals surface area contributed by atoms with Gasteiger partial charge in [-0.1, -0.05) is 48.5 Å². The van der Waals surface area contributed by atoms with E-state index >= 15 is 0 Å². The Hall–Kier alpha value is -2.95. The molecule has 0 aliphatic rings. The van der Waals surface area contributed by atoms with Gasteiger partial charge in [-0.15, -0.1) is 0 Å². The number of carbonyl (C=O) groups is 3. The van der Waals surface area contributed by atoms with Gasteiger partial charge in [-0.3, -0.25) is 9.59 Å². The number of ketones is 1. The van der Waals surface area contributed by atoms with Crippen LogP contribution in [0.25, 0.3) is 11.1 Å². The molecule has 0 aromatic heterocycles. The second-order valence-electron chi connectivity index (χ2n) is 5.41. The number of benzene rings is 2. The molecule has 0 bridgehead atoms. The summed E-state index contributed by atoms with van der Waals surface area (Å²) in [7, 11) is 2.71. The van der Waals surface area contributed by atoms with Crippen molar-refractivity contribution in [2.24, 2.45) is 0 Å². The summed E-state index contributed by atoms with van der Waals surface area (Å²) in [5, 5.41) is 0. The van der Waals surface area contributed by atoms with Gasteiger partial charge < -0.3 is 9.64 Å². The average molecular weight is 325 g/mol. The molecule has 0 saturated heterocycles. The van der Waals surface area contributed by atoms with E-state index in [4.69, 9.17) is 0 Å². The van der Waals surface area contributed by atoms with Crippen molar-refractivity contribution >= 4 is 17.7 Å². The van der Waals surface area contributed by atoms with Crippen molar-refractivity contribution < 1.29 is 19.1 Å². The number of amides is 1. The van der Waals surface area contributed by atoms with E-state index in [1.807, 2.05) is 54.6 Å². The lowest BCUT2D eigenvalue weighted by Gasteiger charge is -2.17. The van der Waals surface area contributed by atoms with E-state index in [2.05, 4.69) is 4.74 Å². The number of carbonyl (C=O) groups excluding carboxylic acids is 3. The minimum absolute atomic E-state index is 0.355. The normalized spacial score (nSPS) is 10.1. The molecule has 124 valence electrons. The highest BCUT2D eigenvalue weighted by molar-refractivity contribution is 6.36. The molecule has 1 amide bonds. The molecule has 2 rings (SSSR count). The number of nitrogens with zero attached hydrogens (tertiary/aromatic N) is 1. The third-order valence-corrected chi connectivity index (χ3v) is 3.60. The Morgan fingerprint density at radius 1 is 0.958 bits per heavy atom. The summed E-state index contributed by atoms with van der Waals surface area (Å²) >= 11 is 0. The molecule has 0 aliphatic heterocycles. The quantitative estimate of drug-likeness (QED) is 0.465. The van der Waals surface area contributed by atoms with Gasteiger partial charge in [-0.2, -0.15) is 0 Å². The summed E-state index contributed by atoms with van der Waals surface area (Å²) in [5.74, 6) is -2.26. The van der Waals surface area contributed by atoms with Gasteiger partial charge in [-0.25, -0.2) is 4.79 Å². The van der Waals surface area contributed by atoms with E-state index in [1.54, 1.807) is 7.05 Å². The second kappa shape index (κ2) is 8.06. The van der Waals surface area contributed by atoms with Gasteiger partial charge in [0.05, 0.1) is 13.5 Å². The molecule has 5 heteroatoms. The molecule has 0 heterocycles. The van der Waals surface area contributed by atoms with E-state index in [0.29, 0.717) is 6.54 Å². The molecule has 5 nitrogen and oxygen atoms in total. The molecule has 0 saturated carbocycles. The number of hydrogen-bond acceptors (Lipinski definition) is 4. The Balaban J connectivity index is 2.04. The van der Waals surface area contributed by atoms with E-state index in [9.17, 15) is 14.4 Å². The summed E-state index contributed by atoms with van der Waals surface area (Å²) in [6, 6.07) is 17.8. The average Bonchev–Trinajstić information content (AvgIpc) is 2.61. The molecular formula is C19H19NO4. The van der Waals surface area contributed by atoms with Crippen LogP contribution in [0, 0.1) is 0 Å². The zero-order chi connectivity index (χ0) is 17.5. The lowest BCUT2D eigenvalue weighted by Crippen LogP contribution is -2.30. The van der Waals surface area contributed by atoms with Gasteiger partial charge in [0.25, 0.3) is 0 Å². The number of esters is 1. The van der Waals surface area contributed by atoms with E-state index in [0.717, 1.165) is 23.8 Å². The molecule has 0 atom stereocenters.